The van der Waals surface area contributed by atoms with Crippen LogP contribution in [0, 0.1) is 25.2 Å². The van der Waals surface area contributed by atoms with E-state index in [1.807, 2.05) is 44.2 Å². The van der Waals surface area contributed by atoms with Gasteiger partial charge in [0.25, 0.3) is 0 Å². The smallest absolute Gasteiger partial charge is 0.133 e. The second-order valence-electron chi connectivity index (χ2n) is 4.54. The first-order valence-electron chi connectivity index (χ1n) is 6.08. The third kappa shape index (κ3) is 3.15. The minimum Gasteiger partial charge on any atom is -0.457 e. The molecule has 0 N–H and O–H groups in total. The van der Waals surface area contributed by atoms with Gasteiger partial charge < -0.3 is 4.74 Å². The Morgan fingerprint density at radius 2 is 1.85 bits per heavy atom. The van der Waals surface area contributed by atoms with Crippen molar-refractivity contribution in [3.05, 3.63) is 57.1 Å². The number of nitrogens with zero attached hydrogens (tertiary/aromatic N) is 1. The molecule has 2 aromatic rings. The molecule has 0 spiro atoms. The van der Waals surface area contributed by atoms with Crippen LogP contribution in [0.3, 0.4) is 0 Å². The van der Waals surface area contributed by atoms with E-state index in [1.54, 1.807) is 0 Å². The third-order valence-corrected chi connectivity index (χ3v) is 4.00. The van der Waals surface area contributed by atoms with Crippen LogP contribution in [-0.2, 0) is 5.88 Å². The Morgan fingerprint density at radius 3 is 2.35 bits per heavy atom. The molecule has 0 saturated carbocycles. The summed E-state index contributed by atoms with van der Waals surface area (Å²) in [4.78, 5) is 0. The monoisotopic (exact) mass is 349 g/mol. The number of nitriles is 1. The molecule has 0 fully saturated rings. The third-order valence-electron chi connectivity index (χ3n) is 2.98. The van der Waals surface area contributed by atoms with Gasteiger partial charge in [0.05, 0.1) is 11.6 Å². The standard InChI is InChI=1S/C16H13BrClNO/c1-10-5-12(9-19)6-11(2)16(10)20-14-4-3-13(8-18)15(17)7-14/h3-7H,8H2,1-2H3. The lowest BCUT2D eigenvalue weighted by Gasteiger charge is -2.13. The molecule has 0 saturated heterocycles. The first kappa shape index (κ1) is 14.9. The van der Waals surface area contributed by atoms with Crippen molar-refractivity contribution in [3.8, 4) is 17.6 Å². The van der Waals surface area contributed by atoms with Crippen LogP contribution >= 0.6 is 27.5 Å². The highest BCUT2D eigenvalue weighted by Gasteiger charge is 2.09. The Labute approximate surface area is 132 Å². The van der Waals surface area contributed by atoms with Crippen molar-refractivity contribution in [2.75, 3.05) is 0 Å². The summed E-state index contributed by atoms with van der Waals surface area (Å²) in [7, 11) is 0. The molecular weight excluding hydrogens is 338 g/mol. The second-order valence-corrected chi connectivity index (χ2v) is 5.66. The van der Waals surface area contributed by atoms with E-state index >= 15 is 0 Å². The summed E-state index contributed by atoms with van der Waals surface area (Å²) in [6, 6.07) is 11.5. The number of hydrogen-bond acceptors (Lipinski definition) is 2. The quantitative estimate of drug-likeness (QED) is 0.688. The van der Waals surface area contributed by atoms with E-state index in [9.17, 15) is 0 Å². The molecule has 0 amide bonds. The van der Waals surface area contributed by atoms with E-state index in [1.165, 1.54) is 0 Å². The molecule has 0 aliphatic carbocycles. The van der Waals surface area contributed by atoms with Crippen molar-refractivity contribution >= 4 is 27.5 Å². The van der Waals surface area contributed by atoms with Crippen molar-refractivity contribution < 1.29 is 4.74 Å². The average Bonchev–Trinajstić information content (AvgIpc) is 2.42. The lowest BCUT2D eigenvalue weighted by Crippen LogP contribution is -1.93. The van der Waals surface area contributed by atoms with Crippen LogP contribution in [0.4, 0.5) is 0 Å². The molecule has 0 bridgehead atoms. The average molecular weight is 351 g/mol. The van der Waals surface area contributed by atoms with Crippen molar-refractivity contribution in [1.82, 2.24) is 0 Å². The van der Waals surface area contributed by atoms with Gasteiger partial charge in [-0.3, -0.25) is 0 Å². The van der Waals surface area contributed by atoms with E-state index in [0.717, 1.165) is 32.7 Å². The number of halogens is 2. The summed E-state index contributed by atoms with van der Waals surface area (Å²) < 4.78 is 6.86. The van der Waals surface area contributed by atoms with Gasteiger partial charge in [0, 0.05) is 10.4 Å². The molecule has 0 aliphatic heterocycles. The molecule has 0 atom stereocenters. The van der Waals surface area contributed by atoms with Crippen LogP contribution in [0.2, 0.25) is 0 Å². The van der Waals surface area contributed by atoms with E-state index in [2.05, 4.69) is 22.0 Å². The molecule has 4 heteroatoms. The predicted molar refractivity (Wildman–Crippen MR) is 84.4 cm³/mol. The summed E-state index contributed by atoms with van der Waals surface area (Å²) >= 11 is 9.30. The Morgan fingerprint density at radius 1 is 1.20 bits per heavy atom. The number of ether oxygens (including phenoxy) is 1. The second kappa shape index (κ2) is 6.30. The van der Waals surface area contributed by atoms with Crippen LogP contribution in [0.5, 0.6) is 11.5 Å². The Balaban J connectivity index is 2.35. The summed E-state index contributed by atoms with van der Waals surface area (Å²) in [6.07, 6.45) is 0. The minimum atomic E-state index is 0.454. The molecule has 0 aromatic heterocycles. The fourth-order valence-corrected chi connectivity index (χ4v) is 2.89. The van der Waals surface area contributed by atoms with Crippen LogP contribution < -0.4 is 4.74 Å². The summed E-state index contributed by atoms with van der Waals surface area (Å²) in [5.74, 6) is 1.98. The van der Waals surface area contributed by atoms with E-state index in [-0.39, 0.29) is 0 Å². The van der Waals surface area contributed by atoms with Gasteiger partial charge in [-0.25, -0.2) is 0 Å². The molecule has 2 rings (SSSR count). The normalized spacial score (nSPS) is 10.2. The van der Waals surface area contributed by atoms with Crippen LogP contribution in [-0.4, -0.2) is 0 Å². The number of aryl methyl sites for hydroxylation is 2. The van der Waals surface area contributed by atoms with Gasteiger partial charge in [0.2, 0.25) is 0 Å². The largest absolute Gasteiger partial charge is 0.457 e. The zero-order chi connectivity index (χ0) is 14.7. The van der Waals surface area contributed by atoms with Crippen molar-refractivity contribution in [2.24, 2.45) is 0 Å². The van der Waals surface area contributed by atoms with E-state index < -0.39 is 0 Å². The van der Waals surface area contributed by atoms with Gasteiger partial charge in [0.15, 0.2) is 0 Å². The summed E-state index contributed by atoms with van der Waals surface area (Å²) in [5, 5.41) is 8.95. The zero-order valence-corrected chi connectivity index (χ0v) is 13.5. The Hall–Kier alpha value is -1.50. The lowest BCUT2D eigenvalue weighted by atomic mass is 10.1. The molecule has 2 aromatic carbocycles. The van der Waals surface area contributed by atoms with Gasteiger partial charge in [0.1, 0.15) is 11.5 Å². The highest BCUT2D eigenvalue weighted by atomic mass is 79.9. The van der Waals surface area contributed by atoms with Crippen molar-refractivity contribution in [3.63, 3.8) is 0 Å². The molecule has 102 valence electrons. The first-order valence-corrected chi connectivity index (χ1v) is 7.41. The SMILES string of the molecule is Cc1cc(C#N)cc(C)c1Oc1ccc(CCl)c(Br)c1. The van der Waals surface area contributed by atoms with Crippen molar-refractivity contribution in [2.45, 2.75) is 19.7 Å². The van der Waals surface area contributed by atoms with Gasteiger partial charge in [-0.2, -0.15) is 5.26 Å². The maximum absolute atomic E-state index is 8.95. The number of alkyl halides is 1. The highest BCUT2D eigenvalue weighted by Crippen LogP contribution is 2.32. The highest BCUT2D eigenvalue weighted by molar-refractivity contribution is 9.10. The topological polar surface area (TPSA) is 33.0 Å². The number of hydrogen-bond donors (Lipinski definition) is 0. The molecule has 0 radical (unpaired) electrons. The molecule has 0 aliphatic rings. The fourth-order valence-electron chi connectivity index (χ4n) is 1.99. The maximum Gasteiger partial charge on any atom is 0.133 e. The van der Waals surface area contributed by atoms with Gasteiger partial charge in [-0.05, 0) is 54.8 Å². The molecule has 0 heterocycles. The zero-order valence-electron chi connectivity index (χ0n) is 11.2. The van der Waals surface area contributed by atoms with Crippen LogP contribution in [0.1, 0.15) is 22.3 Å². The summed E-state index contributed by atoms with van der Waals surface area (Å²) in [5.41, 5.74) is 3.55. The molecule has 0 unspecified atom stereocenters. The van der Waals surface area contributed by atoms with Crippen molar-refractivity contribution in [1.29, 1.82) is 5.26 Å². The minimum absolute atomic E-state index is 0.454. The maximum atomic E-state index is 8.95. The Bertz CT molecular complexity index is 668. The first-order chi connectivity index (χ1) is 9.55. The van der Waals surface area contributed by atoms with E-state index in [4.69, 9.17) is 21.6 Å². The predicted octanol–water partition coefficient (Wildman–Crippen LogP) is 5.47. The molecule has 2 nitrogen and oxygen atoms in total. The fraction of sp³-hybridized carbons (Fsp3) is 0.188. The summed E-state index contributed by atoms with van der Waals surface area (Å²) in [6.45, 7) is 3.87. The molecule has 20 heavy (non-hydrogen) atoms. The molecular formula is C16H13BrClNO. The lowest BCUT2D eigenvalue weighted by molar-refractivity contribution is 0.474. The van der Waals surface area contributed by atoms with Crippen LogP contribution in [0.25, 0.3) is 0 Å². The van der Waals surface area contributed by atoms with Crippen LogP contribution in [0.15, 0.2) is 34.8 Å². The van der Waals surface area contributed by atoms with Gasteiger partial charge in [-0.1, -0.05) is 22.0 Å². The Kier molecular flexibility index (Phi) is 4.69. The van der Waals surface area contributed by atoms with Gasteiger partial charge >= 0.3 is 0 Å². The van der Waals surface area contributed by atoms with E-state index in [0.29, 0.717) is 11.4 Å². The van der Waals surface area contributed by atoms with Gasteiger partial charge in [-0.15, -0.1) is 11.6 Å². The number of rotatable bonds is 3. The number of benzene rings is 2.